The van der Waals surface area contributed by atoms with Crippen molar-refractivity contribution < 1.29 is 18.7 Å². The molecule has 31 heavy (non-hydrogen) atoms. The second-order valence-corrected chi connectivity index (χ2v) is 7.12. The van der Waals surface area contributed by atoms with E-state index >= 15 is 0 Å². The van der Waals surface area contributed by atoms with Crippen LogP contribution in [-0.2, 0) is 11.3 Å². The van der Waals surface area contributed by atoms with Gasteiger partial charge in [0, 0.05) is 5.02 Å². The molecule has 1 aromatic heterocycles. The van der Waals surface area contributed by atoms with E-state index in [0.29, 0.717) is 39.5 Å². The van der Waals surface area contributed by atoms with Crippen LogP contribution in [0, 0.1) is 11.3 Å². The van der Waals surface area contributed by atoms with Crippen molar-refractivity contribution in [3.63, 3.8) is 0 Å². The lowest BCUT2D eigenvalue weighted by Gasteiger charge is -2.10. The summed E-state index contributed by atoms with van der Waals surface area (Å²) in [6.45, 7) is 0.806. The van der Waals surface area contributed by atoms with Crippen LogP contribution in [0.1, 0.15) is 11.3 Å². The van der Waals surface area contributed by atoms with Gasteiger partial charge in [0.1, 0.15) is 42.1 Å². The van der Waals surface area contributed by atoms with Crippen molar-refractivity contribution in [3.05, 3.63) is 87.8 Å². The standard InChI is InChI=1S/C23H18Cl2N2O4/c24-18-4-6-19(7-5-18)30-10-11-31-22-8-3-16(13-21(22)25)12-17(14-26)23(28)27-15-20-2-1-9-29-20/h1-9,12-13H,10-11,15H2,(H,27,28)/b17-12+. The maximum atomic E-state index is 12.2. The Morgan fingerprint density at radius 3 is 2.55 bits per heavy atom. The molecule has 1 amide bonds. The Labute approximate surface area is 189 Å². The predicted molar refractivity (Wildman–Crippen MR) is 118 cm³/mol. The fraction of sp³-hybridized carbons (Fsp3) is 0.130. The molecule has 0 saturated carbocycles. The lowest BCUT2D eigenvalue weighted by molar-refractivity contribution is -0.117. The van der Waals surface area contributed by atoms with Crippen LogP contribution in [0.4, 0.5) is 0 Å². The molecule has 0 atom stereocenters. The first kappa shape index (κ1) is 22.3. The minimum Gasteiger partial charge on any atom is -0.490 e. The van der Waals surface area contributed by atoms with E-state index in [1.807, 2.05) is 6.07 Å². The number of nitrogens with zero attached hydrogens (tertiary/aromatic N) is 1. The van der Waals surface area contributed by atoms with Gasteiger partial charge >= 0.3 is 0 Å². The quantitative estimate of drug-likeness (QED) is 0.269. The van der Waals surface area contributed by atoms with Crippen LogP contribution in [0.3, 0.4) is 0 Å². The van der Waals surface area contributed by atoms with Gasteiger partial charge in [0.2, 0.25) is 0 Å². The third kappa shape index (κ3) is 6.82. The van der Waals surface area contributed by atoms with Crippen LogP contribution in [0.25, 0.3) is 6.08 Å². The number of ether oxygens (including phenoxy) is 2. The zero-order valence-corrected chi connectivity index (χ0v) is 17.8. The SMILES string of the molecule is N#C/C(=C\c1ccc(OCCOc2ccc(Cl)cc2)c(Cl)c1)C(=O)NCc1ccco1. The summed E-state index contributed by atoms with van der Waals surface area (Å²) >= 11 is 12.1. The molecule has 0 fully saturated rings. The monoisotopic (exact) mass is 456 g/mol. The first-order chi connectivity index (χ1) is 15.0. The Morgan fingerprint density at radius 1 is 1.10 bits per heavy atom. The van der Waals surface area contributed by atoms with E-state index in [9.17, 15) is 10.1 Å². The van der Waals surface area contributed by atoms with E-state index in [2.05, 4.69) is 5.32 Å². The van der Waals surface area contributed by atoms with Gasteiger partial charge in [-0.2, -0.15) is 5.26 Å². The minimum absolute atomic E-state index is 0.0485. The summed E-state index contributed by atoms with van der Waals surface area (Å²) in [5, 5.41) is 12.9. The summed E-state index contributed by atoms with van der Waals surface area (Å²) in [6.07, 6.45) is 2.97. The summed E-state index contributed by atoms with van der Waals surface area (Å²) in [6, 6.07) is 17.4. The predicted octanol–water partition coefficient (Wildman–Crippen LogP) is 5.27. The fourth-order valence-corrected chi connectivity index (χ4v) is 2.93. The number of hydrogen-bond acceptors (Lipinski definition) is 5. The van der Waals surface area contributed by atoms with Crippen LogP contribution in [-0.4, -0.2) is 19.1 Å². The zero-order valence-electron chi connectivity index (χ0n) is 16.3. The number of carbonyl (C=O) groups is 1. The molecule has 158 valence electrons. The average Bonchev–Trinajstić information content (AvgIpc) is 3.29. The fourth-order valence-electron chi connectivity index (χ4n) is 2.56. The molecule has 0 spiro atoms. The Bertz CT molecular complexity index is 1090. The number of nitriles is 1. The molecule has 0 aliphatic heterocycles. The highest BCUT2D eigenvalue weighted by atomic mass is 35.5. The van der Waals surface area contributed by atoms with Crippen LogP contribution >= 0.6 is 23.2 Å². The Morgan fingerprint density at radius 2 is 1.87 bits per heavy atom. The molecule has 0 radical (unpaired) electrons. The summed E-state index contributed by atoms with van der Waals surface area (Å²) in [4.78, 5) is 12.2. The van der Waals surface area contributed by atoms with Gasteiger partial charge in [0.05, 0.1) is 17.8 Å². The van der Waals surface area contributed by atoms with Crippen LogP contribution in [0.2, 0.25) is 10.0 Å². The maximum absolute atomic E-state index is 12.2. The number of carbonyl (C=O) groups excluding carboxylic acids is 1. The van der Waals surface area contributed by atoms with Crippen molar-refractivity contribution in [1.29, 1.82) is 5.26 Å². The highest BCUT2D eigenvalue weighted by Crippen LogP contribution is 2.26. The van der Waals surface area contributed by atoms with Gasteiger partial charge in [0.15, 0.2) is 0 Å². The van der Waals surface area contributed by atoms with E-state index < -0.39 is 5.91 Å². The van der Waals surface area contributed by atoms with Crippen molar-refractivity contribution in [1.82, 2.24) is 5.32 Å². The molecule has 3 rings (SSSR count). The third-order valence-electron chi connectivity index (χ3n) is 4.06. The molecule has 0 aliphatic rings. The first-order valence-electron chi connectivity index (χ1n) is 9.28. The highest BCUT2D eigenvalue weighted by Gasteiger charge is 2.10. The molecule has 1 heterocycles. The van der Waals surface area contributed by atoms with Crippen LogP contribution < -0.4 is 14.8 Å². The molecule has 0 saturated heterocycles. The van der Waals surface area contributed by atoms with E-state index in [0.717, 1.165) is 0 Å². The van der Waals surface area contributed by atoms with Crippen LogP contribution in [0.5, 0.6) is 11.5 Å². The number of nitrogens with one attached hydrogen (secondary N) is 1. The molecule has 2 aromatic carbocycles. The summed E-state index contributed by atoms with van der Waals surface area (Å²) in [5.74, 6) is 1.25. The number of halogens is 2. The molecular formula is C23H18Cl2N2O4. The number of amides is 1. The smallest absolute Gasteiger partial charge is 0.262 e. The zero-order chi connectivity index (χ0) is 22.1. The summed E-state index contributed by atoms with van der Waals surface area (Å²) in [5.41, 5.74) is 0.548. The van der Waals surface area contributed by atoms with Gasteiger partial charge in [0.25, 0.3) is 5.91 Å². The van der Waals surface area contributed by atoms with E-state index in [4.69, 9.17) is 37.1 Å². The molecule has 0 unspecified atom stereocenters. The number of hydrogen-bond donors (Lipinski definition) is 1. The molecule has 1 N–H and O–H groups in total. The van der Waals surface area contributed by atoms with Gasteiger partial charge in [-0.1, -0.05) is 29.3 Å². The maximum Gasteiger partial charge on any atom is 0.262 e. The van der Waals surface area contributed by atoms with Gasteiger partial charge in [-0.3, -0.25) is 4.79 Å². The number of benzene rings is 2. The van der Waals surface area contributed by atoms with E-state index in [1.54, 1.807) is 54.6 Å². The largest absolute Gasteiger partial charge is 0.490 e. The van der Waals surface area contributed by atoms with Crippen molar-refractivity contribution in [2.45, 2.75) is 6.54 Å². The molecule has 8 heteroatoms. The topological polar surface area (TPSA) is 84.5 Å². The van der Waals surface area contributed by atoms with E-state index in [1.165, 1.54) is 12.3 Å². The van der Waals surface area contributed by atoms with Crippen molar-refractivity contribution in [2.24, 2.45) is 0 Å². The minimum atomic E-state index is -0.505. The summed E-state index contributed by atoms with van der Waals surface area (Å²) in [7, 11) is 0. The molecule has 6 nitrogen and oxygen atoms in total. The Balaban J connectivity index is 1.53. The average molecular weight is 457 g/mol. The summed E-state index contributed by atoms with van der Waals surface area (Å²) < 4.78 is 16.4. The first-order valence-corrected chi connectivity index (χ1v) is 10.0. The molecule has 0 bridgehead atoms. The molecule has 3 aromatic rings. The van der Waals surface area contributed by atoms with Crippen molar-refractivity contribution in [3.8, 4) is 17.6 Å². The number of rotatable bonds is 9. The lowest BCUT2D eigenvalue weighted by atomic mass is 10.1. The number of furan rings is 1. The van der Waals surface area contributed by atoms with Gasteiger partial charge in [-0.05, 0) is 60.2 Å². The Hall–Kier alpha value is -3.40. The van der Waals surface area contributed by atoms with Crippen molar-refractivity contribution in [2.75, 3.05) is 13.2 Å². The van der Waals surface area contributed by atoms with Gasteiger partial charge in [-0.15, -0.1) is 0 Å². The van der Waals surface area contributed by atoms with Crippen LogP contribution in [0.15, 0.2) is 70.9 Å². The van der Waals surface area contributed by atoms with Gasteiger partial charge < -0.3 is 19.2 Å². The third-order valence-corrected chi connectivity index (χ3v) is 4.61. The second kappa shape index (κ2) is 11.1. The second-order valence-electron chi connectivity index (χ2n) is 6.27. The molecule has 0 aliphatic carbocycles. The van der Waals surface area contributed by atoms with Crippen molar-refractivity contribution >= 4 is 35.2 Å². The van der Waals surface area contributed by atoms with Gasteiger partial charge in [-0.25, -0.2) is 0 Å². The molecular weight excluding hydrogens is 439 g/mol. The normalized spacial score (nSPS) is 10.9. The highest BCUT2D eigenvalue weighted by molar-refractivity contribution is 6.32. The lowest BCUT2D eigenvalue weighted by Crippen LogP contribution is -2.23. The van der Waals surface area contributed by atoms with E-state index in [-0.39, 0.29) is 18.7 Å². The Kier molecular flexibility index (Phi) is 7.99.